The van der Waals surface area contributed by atoms with Crippen LogP contribution < -0.4 is 10.3 Å². The topological polar surface area (TPSA) is 40.4 Å². The Morgan fingerprint density at radius 3 is 3.09 bits per heavy atom. The maximum atomic E-state index is 10.9. The lowest BCUT2D eigenvalue weighted by molar-refractivity contribution is 0.0816. The first-order valence-electron chi connectivity index (χ1n) is 2.99. The Labute approximate surface area is 67.9 Å². The molecule has 0 saturated heterocycles. The predicted octanol–water partition coefficient (Wildman–Crippen LogP) is 1.39. The van der Waals surface area contributed by atoms with E-state index in [1.165, 1.54) is 6.07 Å². The van der Waals surface area contributed by atoms with Crippen molar-refractivity contribution >= 4 is 17.5 Å². The summed E-state index contributed by atoms with van der Waals surface area (Å²) >= 11 is 5.64. The van der Waals surface area contributed by atoms with Crippen LogP contribution in [0.25, 0.3) is 0 Å². The minimum Gasteiger partial charge on any atom is -0.352 e. The van der Waals surface area contributed by atoms with Gasteiger partial charge in [0.05, 0.1) is 5.56 Å². The number of fused-ring (bicyclic) bond motifs is 1. The van der Waals surface area contributed by atoms with Gasteiger partial charge in [-0.25, -0.2) is 0 Å². The lowest BCUT2D eigenvalue weighted by atomic mass is 10.2. The number of nitrogens with zero attached hydrogens (tertiary/aromatic N) is 1. The summed E-state index contributed by atoms with van der Waals surface area (Å²) in [5.41, 5.74) is 3.68. The molecule has 55 valence electrons. The van der Waals surface area contributed by atoms with E-state index in [0.29, 0.717) is 16.3 Å². The molecule has 1 amide bonds. The van der Waals surface area contributed by atoms with Gasteiger partial charge in [-0.1, -0.05) is 11.6 Å². The van der Waals surface area contributed by atoms with Crippen molar-refractivity contribution in [2.75, 3.05) is 0 Å². The van der Waals surface area contributed by atoms with Crippen LogP contribution in [-0.2, 0) is 0 Å². The normalized spacial score (nSPS) is 13.7. The summed E-state index contributed by atoms with van der Waals surface area (Å²) in [7, 11) is 0. The van der Waals surface area contributed by atoms with Crippen molar-refractivity contribution < 1.29 is 9.63 Å². The highest BCUT2D eigenvalue weighted by Crippen LogP contribution is 2.26. The molecule has 3 nitrogen and oxygen atoms in total. The van der Waals surface area contributed by atoms with E-state index >= 15 is 0 Å². The molecule has 2 rings (SSSR count). The molecular formula is C7H3ClNO2. The van der Waals surface area contributed by atoms with Gasteiger partial charge in [0.25, 0.3) is 0 Å². The molecule has 4 heteroatoms. The summed E-state index contributed by atoms with van der Waals surface area (Å²) in [6.07, 6.45) is 0. The van der Waals surface area contributed by atoms with Crippen LogP contribution in [0.4, 0.5) is 0 Å². The summed E-state index contributed by atoms with van der Waals surface area (Å²) in [6.45, 7) is 0. The van der Waals surface area contributed by atoms with E-state index in [2.05, 4.69) is 10.3 Å². The number of halogens is 1. The van der Waals surface area contributed by atoms with E-state index in [0.717, 1.165) is 0 Å². The van der Waals surface area contributed by atoms with E-state index in [-0.39, 0.29) is 5.91 Å². The Balaban J connectivity index is 2.60. The average molecular weight is 169 g/mol. The number of hydroxylamine groups is 1. The summed E-state index contributed by atoms with van der Waals surface area (Å²) < 4.78 is 0. The van der Waals surface area contributed by atoms with Crippen LogP contribution in [0.15, 0.2) is 18.2 Å². The van der Waals surface area contributed by atoms with Crippen LogP contribution in [0, 0.1) is 0 Å². The molecule has 11 heavy (non-hydrogen) atoms. The van der Waals surface area contributed by atoms with Crippen LogP contribution in [0.1, 0.15) is 10.4 Å². The van der Waals surface area contributed by atoms with Crippen molar-refractivity contribution in [2.45, 2.75) is 0 Å². The maximum absolute atomic E-state index is 10.9. The highest BCUT2D eigenvalue weighted by Gasteiger charge is 2.22. The Kier molecular flexibility index (Phi) is 1.26. The Morgan fingerprint density at radius 2 is 2.27 bits per heavy atom. The molecule has 1 radical (unpaired) electrons. The second kappa shape index (κ2) is 2.13. The number of rotatable bonds is 0. The number of hydrogen-bond acceptors (Lipinski definition) is 2. The molecule has 1 aliphatic heterocycles. The number of amides is 1. The smallest absolute Gasteiger partial charge is 0.316 e. The largest absolute Gasteiger partial charge is 0.352 e. The number of hydrogen-bond donors (Lipinski definition) is 0. The zero-order valence-electron chi connectivity index (χ0n) is 5.37. The van der Waals surface area contributed by atoms with Gasteiger partial charge >= 0.3 is 5.91 Å². The second-order valence-electron chi connectivity index (χ2n) is 2.13. The molecule has 0 aromatic heterocycles. The van der Waals surface area contributed by atoms with Gasteiger partial charge in [0.1, 0.15) is 0 Å². The molecule has 0 spiro atoms. The summed E-state index contributed by atoms with van der Waals surface area (Å²) in [5.74, 6) is 0.0990. The molecule has 0 N–H and O–H groups in total. The van der Waals surface area contributed by atoms with Crippen LogP contribution in [0.3, 0.4) is 0 Å². The minimum absolute atomic E-state index is 0.373. The highest BCUT2D eigenvalue weighted by molar-refractivity contribution is 6.31. The second-order valence-corrected chi connectivity index (χ2v) is 2.56. The van der Waals surface area contributed by atoms with Crippen LogP contribution >= 0.6 is 11.6 Å². The van der Waals surface area contributed by atoms with Gasteiger partial charge in [0, 0.05) is 5.02 Å². The molecule has 0 fully saturated rings. The van der Waals surface area contributed by atoms with Gasteiger partial charge in [0.15, 0.2) is 5.75 Å². The van der Waals surface area contributed by atoms with E-state index in [9.17, 15) is 4.79 Å². The maximum Gasteiger partial charge on any atom is 0.316 e. The highest BCUT2D eigenvalue weighted by atomic mass is 35.5. The zero-order valence-corrected chi connectivity index (χ0v) is 6.13. The number of carbonyl (C=O) groups excluding carboxylic acids is 1. The van der Waals surface area contributed by atoms with Crippen LogP contribution in [0.5, 0.6) is 5.75 Å². The fourth-order valence-corrected chi connectivity index (χ4v) is 1.06. The van der Waals surface area contributed by atoms with Crippen molar-refractivity contribution in [3.8, 4) is 5.75 Å². The minimum atomic E-state index is -0.373. The van der Waals surface area contributed by atoms with E-state index in [1.54, 1.807) is 12.1 Å². The lowest BCUT2D eigenvalue weighted by Gasteiger charge is -1.91. The van der Waals surface area contributed by atoms with Crippen molar-refractivity contribution in [3.05, 3.63) is 28.8 Å². The van der Waals surface area contributed by atoms with E-state index in [4.69, 9.17) is 11.6 Å². The number of carbonyl (C=O) groups is 1. The molecule has 1 aromatic rings. The standard InChI is InChI=1S/C7H3ClNO2/c8-4-1-2-6-5(3-4)7(10)9-11-6/h1-3H. The molecule has 1 aliphatic rings. The molecule has 0 saturated carbocycles. The summed E-state index contributed by atoms with van der Waals surface area (Å²) in [6, 6.07) is 4.80. The molecule has 0 bridgehead atoms. The van der Waals surface area contributed by atoms with Crippen molar-refractivity contribution in [2.24, 2.45) is 0 Å². The van der Waals surface area contributed by atoms with Gasteiger partial charge in [-0.15, -0.1) is 0 Å². The number of benzene rings is 1. The molecule has 0 unspecified atom stereocenters. The molecular weight excluding hydrogens is 166 g/mol. The monoisotopic (exact) mass is 168 g/mol. The lowest BCUT2D eigenvalue weighted by Crippen LogP contribution is -2.08. The van der Waals surface area contributed by atoms with Crippen LogP contribution in [0.2, 0.25) is 5.02 Å². The van der Waals surface area contributed by atoms with Gasteiger partial charge in [-0.2, -0.15) is 0 Å². The molecule has 0 aliphatic carbocycles. The third-order valence-corrected chi connectivity index (χ3v) is 1.63. The average Bonchev–Trinajstić information content (AvgIpc) is 2.33. The first-order chi connectivity index (χ1) is 5.27. The fraction of sp³-hybridized carbons (Fsp3) is 0. The van der Waals surface area contributed by atoms with Crippen LogP contribution in [-0.4, -0.2) is 5.91 Å². The quantitative estimate of drug-likeness (QED) is 0.588. The fourth-order valence-electron chi connectivity index (χ4n) is 0.889. The third-order valence-electron chi connectivity index (χ3n) is 1.40. The van der Waals surface area contributed by atoms with Gasteiger partial charge < -0.3 is 4.84 Å². The van der Waals surface area contributed by atoms with Gasteiger partial charge in [-0.3, -0.25) is 4.79 Å². The summed E-state index contributed by atoms with van der Waals surface area (Å²) in [5, 5.41) is 0.512. The zero-order chi connectivity index (χ0) is 7.84. The molecule has 1 heterocycles. The van der Waals surface area contributed by atoms with Crippen molar-refractivity contribution in [1.29, 1.82) is 0 Å². The third kappa shape index (κ3) is 0.935. The van der Waals surface area contributed by atoms with Gasteiger partial charge in [-0.05, 0) is 23.7 Å². The van der Waals surface area contributed by atoms with Crippen molar-refractivity contribution in [1.82, 2.24) is 5.48 Å². The molecule has 1 aromatic carbocycles. The molecule has 0 atom stereocenters. The van der Waals surface area contributed by atoms with E-state index in [1.807, 2.05) is 0 Å². The SMILES string of the molecule is O=C1[N]Oc2ccc(Cl)cc21. The Bertz CT molecular complexity index is 324. The Morgan fingerprint density at radius 1 is 1.45 bits per heavy atom. The van der Waals surface area contributed by atoms with Crippen molar-refractivity contribution in [3.63, 3.8) is 0 Å². The first-order valence-corrected chi connectivity index (χ1v) is 3.37. The Hall–Kier alpha value is -1.22. The van der Waals surface area contributed by atoms with Gasteiger partial charge in [0.2, 0.25) is 0 Å². The first kappa shape index (κ1) is 6.49. The van der Waals surface area contributed by atoms with E-state index < -0.39 is 0 Å². The summed E-state index contributed by atoms with van der Waals surface area (Å²) in [4.78, 5) is 15.5. The predicted molar refractivity (Wildman–Crippen MR) is 38.5 cm³/mol.